The van der Waals surface area contributed by atoms with Crippen LogP contribution >= 0.6 is 0 Å². The van der Waals surface area contributed by atoms with Crippen molar-refractivity contribution in [2.75, 3.05) is 5.73 Å². The zero-order chi connectivity index (χ0) is 13.9. The lowest BCUT2D eigenvalue weighted by Crippen LogP contribution is -2.36. The average molecular weight is 267 g/mol. The molecule has 0 fully saturated rings. The number of nitrogens with zero attached hydrogens (tertiary/aromatic N) is 1. The molecule has 0 radical (unpaired) electrons. The molecule has 3 nitrogen and oxygen atoms in total. The Morgan fingerprint density at radius 1 is 1.15 bits per heavy atom. The molecule has 1 aliphatic rings. The molecule has 0 bridgehead atoms. The second-order valence-corrected chi connectivity index (χ2v) is 5.69. The van der Waals surface area contributed by atoms with Crippen molar-refractivity contribution in [1.29, 1.82) is 0 Å². The third-order valence-corrected chi connectivity index (χ3v) is 4.37. The van der Waals surface area contributed by atoms with E-state index in [1.165, 1.54) is 17.5 Å². The SMILES string of the molecule is Nc1ncccc1CC(N)C1CCc2ccccc2C1. The smallest absolute Gasteiger partial charge is 0.126 e. The standard InChI is InChI=1S/C17H21N3/c18-16(11-15-6-3-9-20-17(15)19)14-8-7-12-4-1-2-5-13(12)10-14/h1-6,9,14,16H,7-8,10-11,18H2,(H2,19,20). The average Bonchev–Trinajstić information content (AvgIpc) is 2.49. The predicted octanol–water partition coefficient (Wildman–Crippen LogP) is 2.34. The van der Waals surface area contributed by atoms with E-state index in [0.29, 0.717) is 11.7 Å². The number of benzene rings is 1. The zero-order valence-electron chi connectivity index (χ0n) is 11.6. The van der Waals surface area contributed by atoms with Gasteiger partial charge in [0.25, 0.3) is 0 Å². The van der Waals surface area contributed by atoms with E-state index in [2.05, 4.69) is 29.2 Å². The molecule has 2 atom stereocenters. The van der Waals surface area contributed by atoms with E-state index in [4.69, 9.17) is 11.5 Å². The highest BCUT2D eigenvalue weighted by atomic mass is 14.8. The van der Waals surface area contributed by atoms with Crippen molar-refractivity contribution >= 4 is 5.82 Å². The fourth-order valence-electron chi connectivity index (χ4n) is 3.14. The third kappa shape index (κ3) is 2.68. The van der Waals surface area contributed by atoms with Gasteiger partial charge in [0.1, 0.15) is 5.82 Å². The van der Waals surface area contributed by atoms with Crippen LogP contribution in [0.15, 0.2) is 42.6 Å². The number of nitrogen functional groups attached to an aromatic ring is 1. The molecule has 2 aromatic rings. The van der Waals surface area contributed by atoms with Crippen molar-refractivity contribution in [3.63, 3.8) is 0 Å². The van der Waals surface area contributed by atoms with Crippen molar-refractivity contribution in [2.24, 2.45) is 11.7 Å². The molecule has 0 aliphatic heterocycles. The lowest BCUT2D eigenvalue weighted by atomic mass is 9.79. The van der Waals surface area contributed by atoms with Gasteiger partial charge in [-0.15, -0.1) is 0 Å². The van der Waals surface area contributed by atoms with E-state index in [0.717, 1.165) is 24.8 Å². The highest BCUT2D eigenvalue weighted by molar-refractivity contribution is 5.39. The summed E-state index contributed by atoms with van der Waals surface area (Å²) in [7, 11) is 0. The summed E-state index contributed by atoms with van der Waals surface area (Å²) in [6.07, 6.45) is 5.92. The van der Waals surface area contributed by atoms with Gasteiger partial charge in [0.05, 0.1) is 0 Å². The first kappa shape index (κ1) is 13.1. The van der Waals surface area contributed by atoms with Gasteiger partial charge in [-0.2, -0.15) is 0 Å². The van der Waals surface area contributed by atoms with Crippen LogP contribution in [0, 0.1) is 5.92 Å². The van der Waals surface area contributed by atoms with Gasteiger partial charge in [-0.1, -0.05) is 30.3 Å². The number of anilines is 1. The monoisotopic (exact) mass is 267 g/mol. The summed E-state index contributed by atoms with van der Waals surface area (Å²) in [5, 5.41) is 0. The largest absolute Gasteiger partial charge is 0.383 e. The summed E-state index contributed by atoms with van der Waals surface area (Å²) in [6.45, 7) is 0. The highest BCUT2D eigenvalue weighted by Gasteiger charge is 2.24. The van der Waals surface area contributed by atoms with E-state index in [-0.39, 0.29) is 6.04 Å². The fraction of sp³-hybridized carbons (Fsp3) is 0.353. The maximum Gasteiger partial charge on any atom is 0.126 e. The van der Waals surface area contributed by atoms with Gasteiger partial charge < -0.3 is 11.5 Å². The topological polar surface area (TPSA) is 64.9 Å². The molecule has 0 saturated heterocycles. The van der Waals surface area contributed by atoms with Crippen molar-refractivity contribution in [3.8, 4) is 0 Å². The summed E-state index contributed by atoms with van der Waals surface area (Å²) in [5.41, 5.74) is 16.3. The Morgan fingerprint density at radius 3 is 2.75 bits per heavy atom. The number of aromatic nitrogens is 1. The number of pyridine rings is 1. The quantitative estimate of drug-likeness (QED) is 0.897. The first-order valence-electron chi connectivity index (χ1n) is 7.26. The Morgan fingerprint density at radius 2 is 1.95 bits per heavy atom. The molecule has 104 valence electrons. The van der Waals surface area contributed by atoms with Crippen LogP contribution in [0.3, 0.4) is 0 Å². The number of hydrogen-bond acceptors (Lipinski definition) is 3. The Hall–Kier alpha value is -1.87. The minimum atomic E-state index is 0.148. The van der Waals surface area contributed by atoms with Crippen molar-refractivity contribution < 1.29 is 0 Å². The summed E-state index contributed by atoms with van der Waals surface area (Å²) in [6, 6.07) is 12.8. The summed E-state index contributed by atoms with van der Waals surface area (Å²) < 4.78 is 0. The van der Waals surface area contributed by atoms with Crippen LogP contribution in [0.4, 0.5) is 5.82 Å². The number of fused-ring (bicyclic) bond motifs is 1. The van der Waals surface area contributed by atoms with E-state index in [1.807, 2.05) is 12.1 Å². The number of rotatable bonds is 3. The van der Waals surface area contributed by atoms with E-state index >= 15 is 0 Å². The Bertz CT molecular complexity index is 594. The van der Waals surface area contributed by atoms with Crippen LogP contribution in [0.25, 0.3) is 0 Å². The Labute approximate surface area is 120 Å². The molecule has 0 saturated carbocycles. The number of aryl methyl sites for hydroxylation is 1. The summed E-state index contributed by atoms with van der Waals surface area (Å²) >= 11 is 0. The van der Waals surface area contributed by atoms with Crippen LogP contribution in [0.5, 0.6) is 0 Å². The molecule has 2 unspecified atom stereocenters. The molecule has 4 N–H and O–H groups in total. The van der Waals surface area contributed by atoms with Crippen LogP contribution < -0.4 is 11.5 Å². The van der Waals surface area contributed by atoms with Crippen LogP contribution in [-0.2, 0) is 19.3 Å². The molecule has 20 heavy (non-hydrogen) atoms. The van der Waals surface area contributed by atoms with Crippen molar-refractivity contribution in [2.45, 2.75) is 31.7 Å². The first-order valence-corrected chi connectivity index (χ1v) is 7.26. The van der Waals surface area contributed by atoms with Gasteiger partial charge in [-0.25, -0.2) is 4.98 Å². The zero-order valence-corrected chi connectivity index (χ0v) is 11.6. The van der Waals surface area contributed by atoms with Gasteiger partial charge in [0.15, 0.2) is 0 Å². The fourth-order valence-corrected chi connectivity index (χ4v) is 3.14. The lowest BCUT2D eigenvalue weighted by Gasteiger charge is -2.29. The highest BCUT2D eigenvalue weighted by Crippen LogP contribution is 2.28. The molecule has 1 aliphatic carbocycles. The number of nitrogens with two attached hydrogens (primary N) is 2. The molecule has 0 spiro atoms. The van der Waals surface area contributed by atoms with Crippen molar-refractivity contribution in [1.82, 2.24) is 4.98 Å². The maximum atomic E-state index is 6.42. The van der Waals surface area contributed by atoms with E-state index in [1.54, 1.807) is 6.20 Å². The molecule has 3 rings (SSSR count). The molecule has 3 heteroatoms. The summed E-state index contributed by atoms with van der Waals surface area (Å²) in [4.78, 5) is 4.14. The maximum absolute atomic E-state index is 6.42. The minimum Gasteiger partial charge on any atom is -0.383 e. The Balaban J connectivity index is 1.70. The lowest BCUT2D eigenvalue weighted by molar-refractivity contribution is 0.372. The molecular weight excluding hydrogens is 246 g/mol. The first-order chi connectivity index (χ1) is 9.74. The number of hydrogen-bond donors (Lipinski definition) is 2. The van der Waals surface area contributed by atoms with Gasteiger partial charge in [0, 0.05) is 12.2 Å². The molecular formula is C17H21N3. The van der Waals surface area contributed by atoms with Crippen LogP contribution in [0.2, 0.25) is 0 Å². The predicted molar refractivity (Wildman–Crippen MR) is 82.3 cm³/mol. The molecule has 1 aromatic heterocycles. The van der Waals surface area contributed by atoms with Gasteiger partial charge >= 0.3 is 0 Å². The van der Waals surface area contributed by atoms with Gasteiger partial charge in [-0.05, 0) is 54.4 Å². The normalized spacial score (nSPS) is 19.4. The van der Waals surface area contributed by atoms with Gasteiger partial charge in [-0.3, -0.25) is 0 Å². The van der Waals surface area contributed by atoms with Gasteiger partial charge in [0.2, 0.25) is 0 Å². The van der Waals surface area contributed by atoms with Crippen LogP contribution in [-0.4, -0.2) is 11.0 Å². The van der Waals surface area contributed by atoms with Crippen LogP contribution in [0.1, 0.15) is 23.1 Å². The molecule has 0 amide bonds. The summed E-state index contributed by atoms with van der Waals surface area (Å²) in [5.74, 6) is 1.14. The second-order valence-electron chi connectivity index (χ2n) is 5.69. The molecule has 1 heterocycles. The second kappa shape index (κ2) is 5.63. The minimum absolute atomic E-state index is 0.148. The Kier molecular flexibility index (Phi) is 3.70. The molecule has 1 aromatic carbocycles. The third-order valence-electron chi connectivity index (χ3n) is 4.37. The van der Waals surface area contributed by atoms with E-state index in [9.17, 15) is 0 Å². The van der Waals surface area contributed by atoms with Crippen molar-refractivity contribution in [3.05, 3.63) is 59.3 Å². The van der Waals surface area contributed by atoms with E-state index < -0.39 is 0 Å².